The van der Waals surface area contributed by atoms with E-state index < -0.39 is 12.5 Å². The van der Waals surface area contributed by atoms with E-state index in [9.17, 15) is 19.1 Å². The molecule has 0 saturated carbocycles. The second-order valence-electron chi connectivity index (χ2n) is 8.36. The molecule has 174 valence electrons. The average Bonchev–Trinajstić information content (AvgIpc) is 3.17. The smallest absolute Gasteiger partial charge is 0.257 e. The lowest BCUT2D eigenvalue weighted by atomic mass is 9.85. The van der Waals surface area contributed by atoms with E-state index in [0.717, 1.165) is 52.7 Å². The number of carbonyl (C=O) groups excluding carboxylic acids is 1. The number of rotatable bonds is 4. The van der Waals surface area contributed by atoms with Crippen molar-refractivity contribution in [1.29, 1.82) is 0 Å². The summed E-state index contributed by atoms with van der Waals surface area (Å²) in [4.78, 5) is 27.2. The largest absolute Gasteiger partial charge is 0.391 e. The molecule has 3 aromatic rings. The minimum atomic E-state index is -0.690. The van der Waals surface area contributed by atoms with E-state index in [4.69, 9.17) is 10.1 Å². The van der Waals surface area contributed by atoms with E-state index >= 15 is 0 Å². The number of nitrogens with one attached hydrogen (secondary N) is 1. The van der Waals surface area contributed by atoms with E-state index in [1.165, 1.54) is 11.6 Å². The van der Waals surface area contributed by atoms with Gasteiger partial charge in [0.25, 0.3) is 5.56 Å². The van der Waals surface area contributed by atoms with Gasteiger partial charge in [0, 0.05) is 29.1 Å². The van der Waals surface area contributed by atoms with Crippen LogP contribution in [0.25, 0.3) is 22.3 Å². The predicted molar refractivity (Wildman–Crippen MR) is 122 cm³/mol. The highest BCUT2D eigenvalue weighted by molar-refractivity contribution is 5.92. The third kappa shape index (κ3) is 3.82. The van der Waals surface area contributed by atoms with Crippen LogP contribution in [-0.2, 0) is 37.3 Å². The number of pyridine rings is 2. The molecular formula is C24H27FN4O4. The maximum absolute atomic E-state index is 14.5. The molecule has 2 aromatic heterocycles. The molecule has 0 unspecified atom stereocenters. The highest BCUT2D eigenvalue weighted by atomic mass is 19.1. The van der Waals surface area contributed by atoms with Gasteiger partial charge in [0.2, 0.25) is 5.91 Å². The Morgan fingerprint density at radius 3 is 2.58 bits per heavy atom. The Morgan fingerprint density at radius 1 is 1.24 bits per heavy atom. The Labute approximate surface area is 189 Å². The molecule has 8 nitrogen and oxygen atoms in total. The number of hydrogen-bond donors (Lipinski definition) is 4. The molecule has 0 saturated heterocycles. The zero-order valence-electron chi connectivity index (χ0n) is 18.7. The Hall–Kier alpha value is -3.14. The van der Waals surface area contributed by atoms with Crippen LogP contribution in [0, 0.1) is 12.7 Å². The van der Waals surface area contributed by atoms with Crippen LogP contribution in [-0.4, -0.2) is 39.3 Å². The van der Waals surface area contributed by atoms with Gasteiger partial charge in [-0.15, -0.1) is 0 Å². The lowest BCUT2D eigenvalue weighted by Gasteiger charge is -2.21. The number of fused-ring (bicyclic) bond motifs is 4. The van der Waals surface area contributed by atoms with Gasteiger partial charge in [-0.3, -0.25) is 9.59 Å². The molecule has 0 spiro atoms. The first-order chi connectivity index (χ1) is 15.8. The molecule has 1 amide bonds. The first-order valence-corrected chi connectivity index (χ1v) is 10.9. The van der Waals surface area contributed by atoms with Crippen molar-refractivity contribution in [2.24, 2.45) is 5.73 Å². The van der Waals surface area contributed by atoms with E-state index in [1.54, 1.807) is 4.57 Å². The Morgan fingerprint density at radius 2 is 1.94 bits per heavy atom. The minimum Gasteiger partial charge on any atom is -0.391 e. The van der Waals surface area contributed by atoms with Crippen molar-refractivity contribution in [2.75, 3.05) is 13.7 Å². The highest BCUT2D eigenvalue weighted by Gasteiger charge is 2.30. The molecule has 0 bridgehead atoms. The molecule has 3 heterocycles. The van der Waals surface area contributed by atoms with Gasteiger partial charge in [-0.2, -0.15) is 0 Å². The minimum absolute atomic E-state index is 0.169. The van der Waals surface area contributed by atoms with Crippen molar-refractivity contribution in [1.82, 2.24) is 14.9 Å². The summed E-state index contributed by atoms with van der Waals surface area (Å²) >= 11 is 0. The number of benzene rings is 1. The second kappa shape index (κ2) is 9.01. The molecule has 33 heavy (non-hydrogen) atoms. The molecule has 5 N–H and O–H groups in total. The average molecular weight is 455 g/mol. The number of nitrogens with two attached hydrogens (primary N) is 1. The molecule has 0 radical (unpaired) electrons. The zero-order valence-corrected chi connectivity index (χ0v) is 18.7. The van der Waals surface area contributed by atoms with Crippen molar-refractivity contribution in [2.45, 2.75) is 45.9 Å². The number of aliphatic hydroxyl groups is 2. The summed E-state index contributed by atoms with van der Waals surface area (Å²) in [6.07, 6.45) is 2.75. The van der Waals surface area contributed by atoms with E-state index in [0.29, 0.717) is 29.7 Å². The Kier molecular flexibility index (Phi) is 6.29. The third-order valence-electron chi connectivity index (χ3n) is 6.40. The third-order valence-corrected chi connectivity index (χ3v) is 6.40. The fourth-order valence-corrected chi connectivity index (χ4v) is 4.87. The van der Waals surface area contributed by atoms with Gasteiger partial charge in [-0.05, 0) is 61.6 Å². The van der Waals surface area contributed by atoms with Crippen molar-refractivity contribution >= 4 is 16.8 Å². The zero-order chi connectivity index (χ0) is 23.9. The number of carbonyl (C=O) groups is 1. The van der Waals surface area contributed by atoms with Crippen LogP contribution in [0.15, 0.2) is 16.9 Å². The maximum atomic E-state index is 14.5. The molecule has 0 atom stereocenters. The van der Waals surface area contributed by atoms with E-state index in [2.05, 4.69) is 11.1 Å². The summed E-state index contributed by atoms with van der Waals surface area (Å²) in [5.41, 5.74) is 11.7. The molecule has 5 rings (SSSR count). The second-order valence-corrected chi connectivity index (χ2v) is 8.36. The molecule has 1 aliphatic carbocycles. The maximum Gasteiger partial charge on any atom is 0.257 e. The Balaban J connectivity index is 0.000000471. The summed E-state index contributed by atoms with van der Waals surface area (Å²) in [7, 11) is 1.81. The van der Waals surface area contributed by atoms with Crippen molar-refractivity contribution in [3.8, 4) is 11.4 Å². The first kappa shape index (κ1) is 23.0. The summed E-state index contributed by atoms with van der Waals surface area (Å²) in [6, 6.07) is 3.47. The summed E-state index contributed by atoms with van der Waals surface area (Å²) in [5.74, 6) is -0.908. The number of primary amides is 1. The normalized spacial score (nSPS) is 13.4. The van der Waals surface area contributed by atoms with Crippen LogP contribution in [0.3, 0.4) is 0 Å². The molecule has 9 heteroatoms. The van der Waals surface area contributed by atoms with Gasteiger partial charge in [0.05, 0.1) is 30.1 Å². The van der Waals surface area contributed by atoms with Gasteiger partial charge in [-0.25, -0.2) is 9.37 Å². The fourth-order valence-electron chi connectivity index (χ4n) is 4.87. The molecule has 1 aromatic carbocycles. The molecular weight excluding hydrogens is 427 g/mol. The topological polar surface area (TPSA) is 130 Å². The van der Waals surface area contributed by atoms with Gasteiger partial charge < -0.3 is 25.8 Å². The van der Waals surface area contributed by atoms with Crippen LogP contribution in [0.1, 0.15) is 39.8 Å². The molecule has 1 aliphatic heterocycles. The van der Waals surface area contributed by atoms with Crippen LogP contribution in [0.5, 0.6) is 0 Å². The number of nitrogens with zero attached hydrogens (tertiary/aromatic N) is 2. The lowest BCUT2D eigenvalue weighted by Crippen LogP contribution is -2.26. The first-order valence-electron chi connectivity index (χ1n) is 10.9. The monoisotopic (exact) mass is 454 g/mol. The summed E-state index contributed by atoms with van der Waals surface area (Å²) in [6.45, 7) is 1.95. The van der Waals surface area contributed by atoms with Crippen molar-refractivity contribution < 1.29 is 19.4 Å². The number of halogens is 1. The van der Waals surface area contributed by atoms with Crippen molar-refractivity contribution in [3.05, 3.63) is 61.7 Å². The fraction of sp³-hybridized carbons (Fsp3) is 0.375. The highest BCUT2D eigenvalue weighted by Crippen LogP contribution is 2.41. The Bertz CT molecular complexity index is 1330. The van der Waals surface area contributed by atoms with Crippen LogP contribution < -0.4 is 16.6 Å². The molecule has 0 fully saturated rings. The van der Waals surface area contributed by atoms with Gasteiger partial charge >= 0.3 is 0 Å². The number of hydrogen-bond acceptors (Lipinski definition) is 6. The molecule has 2 aliphatic rings. The van der Waals surface area contributed by atoms with Crippen LogP contribution >= 0.6 is 0 Å². The predicted octanol–water partition coefficient (Wildman–Crippen LogP) is 1.04. The van der Waals surface area contributed by atoms with Gasteiger partial charge in [0.15, 0.2) is 0 Å². The SMILES string of the molecule is CNCc1cc2n(c(=O)c1CO)Cc1c-2nc2cc(F)c(C)c3c2c1CCC3.NC(=O)CO. The number of aromatic nitrogens is 2. The summed E-state index contributed by atoms with van der Waals surface area (Å²) in [5, 5.41) is 21.5. The standard InChI is InChI=1S/C22H22FN3O2.C2H5NO2/c1-11-13-4-3-5-14-15-9-26-19(6-12(8-24-2)16(10-27)22(26)28)21(15)25-18(20(13)14)7-17(11)23;3-2(5)1-4/h6-7,24,27H,3-5,8-10H2,1-2H3;4H,1H2,(H2,3,5). The van der Waals surface area contributed by atoms with Gasteiger partial charge in [-0.1, -0.05) is 0 Å². The number of aryl methyl sites for hydroxylation is 2. The number of aliphatic hydroxyl groups excluding tert-OH is 2. The van der Waals surface area contributed by atoms with E-state index in [1.807, 2.05) is 20.0 Å². The van der Waals surface area contributed by atoms with E-state index in [-0.39, 0.29) is 18.0 Å². The number of amides is 1. The lowest BCUT2D eigenvalue weighted by molar-refractivity contribution is -0.120. The van der Waals surface area contributed by atoms with Crippen LogP contribution in [0.4, 0.5) is 4.39 Å². The van der Waals surface area contributed by atoms with Crippen molar-refractivity contribution in [3.63, 3.8) is 0 Å². The quantitative estimate of drug-likeness (QED) is 0.365. The van der Waals surface area contributed by atoms with Gasteiger partial charge in [0.1, 0.15) is 12.4 Å². The summed E-state index contributed by atoms with van der Waals surface area (Å²) < 4.78 is 16.2. The van der Waals surface area contributed by atoms with Crippen LogP contribution in [0.2, 0.25) is 0 Å².